The summed E-state index contributed by atoms with van der Waals surface area (Å²) in [7, 11) is 0. The van der Waals surface area contributed by atoms with Gasteiger partial charge in [0.25, 0.3) is 0 Å². The normalized spacial score (nSPS) is 23.2. The van der Waals surface area contributed by atoms with Crippen LogP contribution in [0, 0.1) is 0 Å². The number of hydrogen-bond acceptors (Lipinski definition) is 2. The van der Waals surface area contributed by atoms with Crippen LogP contribution in [0.2, 0.25) is 0 Å². The third kappa shape index (κ3) is 1.27. The third-order valence-corrected chi connectivity index (χ3v) is 2.54. The minimum absolute atomic E-state index is 0.554. The quantitative estimate of drug-likeness (QED) is 0.727. The average molecular weight is 165 g/mol. The van der Waals surface area contributed by atoms with Gasteiger partial charge in [0.1, 0.15) is 5.76 Å². The predicted molar refractivity (Wildman–Crippen MR) is 48.1 cm³/mol. The van der Waals surface area contributed by atoms with E-state index in [1.165, 1.54) is 18.4 Å². The Labute approximate surface area is 73.0 Å². The van der Waals surface area contributed by atoms with Crippen LogP contribution in [-0.2, 0) is 6.42 Å². The van der Waals surface area contributed by atoms with Crippen molar-refractivity contribution in [2.75, 3.05) is 6.54 Å². The maximum absolute atomic E-state index is 5.39. The van der Waals surface area contributed by atoms with Gasteiger partial charge in [0.15, 0.2) is 0 Å². The first kappa shape index (κ1) is 7.87. The second kappa shape index (κ2) is 3.31. The van der Waals surface area contributed by atoms with Gasteiger partial charge in [0, 0.05) is 18.0 Å². The highest BCUT2D eigenvalue weighted by Crippen LogP contribution is 2.26. The first-order valence-electron chi connectivity index (χ1n) is 4.71. The molecule has 0 aromatic carbocycles. The summed E-state index contributed by atoms with van der Waals surface area (Å²) in [6.07, 6.45) is 5.35. The zero-order valence-electron chi connectivity index (χ0n) is 7.47. The standard InChI is InChI=1S/C10H15NO/c1-2-10-8(5-7-12-10)9-4-3-6-11-9/h5,7,9,11H,2-4,6H2,1H3/t9-/m0/s1. The minimum Gasteiger partial charge on any atom is -0.469 e. The van der Waals surface area contributed by atoms with Gasteiger partial charge < -0.3 is 9.73 Å². The van der Waals surface area contributed by atoms with Gasteiger partial charge >= 0.3 is 0 Å². The average Bonchev–Trinajstić information content (AvgIpc) is 2.74. The predicted octanol–water partition coefficient (Wildman–Crippen LogP) is 2.27. The van der Waals surface area contributed by atoms with E-state index in [-0.39, 0.29) is 0 Å². The van der Waals surface area contributed by atoms with E-state index in [0.717, 1.165) is 18.7 Å². The Morgan fingerprint density at radius 3 is 3.25 bits per heavy atom. The van der Waals surface area contributed by atoms with Gasteiger partial charge in [-0.1, -0.05) is 6.92 Å². The highest BCUT2D eigenvalue weighted by atomic mass is 16.3. The molecule has 2 rings (SSSR count). The molecule has 1 N–H and O–H groups in total. The van der Waals surface area contributed by atoms with E-state index < -0.39 is 0 Å². The van der Waals surface area contributed by atoms with Crippen molar-refractivity contribution in [1.82, 2.24) is 5.32 Å². The zero-order valence-corrected chi connectivity index (χ0v) is 7.47. The molecule has 0 aliphatic carbocycles. The summed E-state index contributed by atoms with van der Waals surface area (Å²) >= 11 is 0. The lowest BCUT2D eigenvalue weighted by Crippen LogP contribution is -2.13. The Morgan fingerprint density at radius 1 is 1.67 bits per heavy atom. The monoisotopic (exact) mass is 165 g/mol. The largest absolute Gasteiger partial charge is 0.469 e. The summed E-state index contributed by atoms with van der Waals surface area (Å²) in [5, 5.41) is 3.47. The van der Waals surface area contributed by atoms with Gasteiger partial charge in [0.2, 0.25) is 0 Å². The molecule has 0 saturated carbocycles. The van der Waals surface area contributed by atoms with E-state index in [4.69, 9.17) is 4.42 Å². The van der Waals surface area contributed by atoms with Crippen molar-refractivity contribution < 1.29 is 4.42 Å². The number of hydrogen-bond donors (Lipinski definition) is 1. The molecule has 2 nitrogen and oxygen atoms in total. The number of aryl methyl sites for hydroxylation is 1. The molecule has 1 saturated heterocycles. The van der Waals surface area contributed by atoms with E-state index >= 15 is 0 Å². The molecule has 0 radical (unpaired) electrons. The van der Waals surface area contributed by atoms with Gasteiger partial charge in [-0.2, -0.15) is 0 Å². The van der Waals surface area contributed by atoms with Crippen molar-refractivity contribution in [1.29, 1.82) is 0 Å². The highest BCUT2D eigenvalue weighted by Gasteiger charge is 2.19. The van der Waals surface area contributed by atoms with Crippen LogP contribution in [0.5, 0.6) is 0 Å². The van der Waals surface area contributed by atoms with Crippen LogP contribution in [0.25, 0.3) is 0 Å². The summed E-state index contributed by atoms with van der Waals surface area (Å²) in [5.74, 6) is 1.15. The molecule has 1 aliphatic heterocycles. The van der Waals surface area contributed by atoms with Crippen molar-refractivity contribution in [3.63, 3.8) is 0 Å². The Balaban J connectivity index is 2.19. The fourth-order valence-electron chi connectivity index (χ4n) is 1.90. The Hall–Kier alpha value is -0.760. The molecule has 0 unspecified atom stereocenters. The lowest BCUT2D eigenvalue weighted by molar-refractivity contribution is 0.501. The SMILES string of the molecule is CCc1occc1[C@@H]1CCCN1. The minimum atomic E-state index is 0.554. The summed E-state index contributed by atoms with van der Waals surface area (Å²) in [6, 6.07) is 2.65. The van der Waals surface area contributed by atoms with Gasteiger partial charge in [-0.3, -0.25) is 0 Å². The van der Waals surface area contributed by atoms with E-state index in [0.29, 0.717) is 6.04 Å². The lowest BCUT2D eigenvalue weighted by Gasteiger charge is -2.08. The Morgan fingerprint density at radius 2 is 2.58 bits per heavy atom. The molecule has 66 valence electrons. The van der Waals surface area contributed by atoms with Crippen molar-refractivity contribution in [2.45, 2.75) is 32.2 Å². The molecule has 0 amide bonds. The molecule has 12 heavy (non-hydrogen) atoms. The molecule has 2 heteroatoms. The van der Waals surface area contributed by atoms with Crippen LogP contribution >= 0.6 is 0 Å². The van der Waals surface area contributed by atoms with Gasteiger partial charge in [-0.15, -0.1) is 0 Å². The van der Waals surface area contributed by atoms with E-state index in [1.807, 2.05) is 0 Å². The van der Waals surface area contributed by atoms with E-state index in [1.54, 1.807) is 6.26 Å². The zero-order chi connectivity index (χ0) is 8.39. The topological polar surface area (TPSA) is 25.2 Å². The van der Waals surface area contributed by atoms with Crippen molar-refractivity contribution in [3.05, 3.63) is 23.7 Å². The van der Waals surface area contributed by atoms with Gasteiger partial charge in [0.05, 0.1) is 6.26 Å². The molecule has 1 atom stereocenters. The third-order valence-electron chi connectivity index (χ3n) is 2.54. The smallest absolute Gasteiger partial charge is 0.108 e. The number of nitrogens with one attached hydrogen (secondary N) is 1. The van der Waals surface area contributed by atoms with Crippen molar-refractivity contribution in [2.24, 2.45) is 0 Å². The summed E-state index contributed by atoms with van der Waals surface area (Å²) in [5.41, 5.74) is 1.37. The second-order valence-corrected chi connectivity index (χ2v) is 3.30. The van der Waals surface area contributed by atoms with Crippen LogP contribution in [0.15, 0.2) is 16.7 Å². The molecule has 1 aromatic heterocycles. The summed E-state index contributed by atoms with van der Waals surface area (Å²) < 4.78 is 5.39. The maximum Gasteiger partial charge on any atom is 0.108 e. The van der Waals surface area contributed by atoms with Gasteiger partial charge in [-0.05, 0) is 25.5 Å². The molecule has 1 aromatic rings. The molecule has 0 bridgehead atoms. The fourth-order valence-corrected chi connectivity index (χ4v) is 1.90. The molecular formula is C10H15NO. The summed E-state index contributed by atoms with van der Waals surface area (Å²) in [4.78, 5) is 0. The van der Waals surface area contributed by atoms with Crippen LogP contribution in [0.3, 0.4) is 0 Å². The number of furan rings is 1. The Bertz CT molecular complexity index is 248. The van der Waals surface area contributed by atoms with E-state index in [9.17, 15) is 0 Å². The lowest BCUT2D eigenvalue weighted by atomic mass is 10.1. The van der Waals surface area contributed by atoms with Crippen LogP contribution in [-0.4, -0.2) is 6.54 Å². The van der Waals surface area contributed by atoms with Crippen LogP contribution < -0.4 is 5.32 Å². The highest BCUT2D eigenvalue weighted by molar-refractivity contribution is 5.22. The number of rotatable bonds is 2. The second-order valence-electron chi connectivity index (χ2n) is 3.30. The van der Waals surface area contributed by atoms with Crippen molar-refractivity contribution in [3.8, 4) is 0 Å². The van der Waals surface area contributed by atoms with Crippen LogP contribution in [0.1, 0.15) is 37.1 Å². The fraction of sp³-hybridized carbons (Fsp3) is 0.600. The maximum atomic E-state index is 5.39. The molecule has 2 heterocycles. The van der Waals surface area contributed by atoms with Crippen LogP contribution in [0.4, 0.5) is 0 Å². The van der Waals surface area contributed by atoms with Gasteiger partial charge in [-0.25, -0.2) is 0 Å². The van der Waals surface area contributed by atoms with E-state index in [2.05, 4.69) is 18.3 Å². The van der Waals surface area contributed by atoms with Crippen molar-refractivity contribution >= 4 is 0 Å². The first-order valence-corrected chi connectivity index (χ1v) is 4.71. The summed E-state index contributed by atoms with van der Waals surface area (Å²) in [6.45, 7) is 3.29. The Kier molecular flexibility index (Phi) is 2.17. The molecular weight excluding hydrogens is 150 g/mol. The molecule has 1 fully saturated rings. The first-order chi connectivity index (χ1) is 5.92. The molecule has 1 aliphatic rings. The molecule has 0 spiro atoms.